The summed E-state index contributed by atoms with van der Waals surface area (Å²) in [6, 6.07) is 8.57. The number of nitrogens with zero attached hydrogens (tertiary/aromatic N) is 2. The molecule has 0 saturated heterocycles. The van der Waals surface area contributed by atoms with Gasteiger partial charge in [-0.2, -0.15) is 0 Å². The molecule has 0 atom stereocenters. The topological polar surface area (TPSA) is 36.9 Å². The van der Waals surface area contributed by atoms with E-state index in [1.165, 1.54) is 31.2 Å². The van der Waals surface area contributed by atoms with Crippen LogP contribution in [0, 0.1) is 0 Å². The second-order valence-electron chi connectivity index (χ2n) is 6.20. The third kappa shape index (κ3) is 3.50. The summed E-state index contributed by atoms with van der Waals surface area (Å²) >= 11 is 0. The third-order valence-corrected chi connectivity index (χ3v) is 4.89. The van der Waals surface area contributed by atoms with E-state index in [0.717, 1.165) is 31.3 Å². The number of hydrogen-bond donors (Lipinski definition) is 1. The Balaban J connectivity index is 0.00000176. The number of aliphatic imine (C=N–C) groups is 1. The summed E-state index contributed by atoms with van der Waals surface area (Å²) in [5.74, 6) is 2.00. The highest BCUT2D eigenvalue weighted by Gasteiger charge is 2.36. The Kier molecular flexibility index (Phi) is 5.94. The van der Waals surface area contributed by atoms with Gasteiger partial charge in [-0.15, -0.1) is 24.0 Å². The van der Waals surface area contributed by atoms with E-state index in [1.54, 1.807) is 7.11 Å². The lowest BCUT2D eigenvalue weighted by molar-refractivity contribution is 0.401. The van der Waals surface area contributed by atoms with Gasteiger partial charge in [0.1, 0.15) is 5.75 Å². The van der Waals surface area contributed by atoms with Gasteiger partial charge >= 0.3 is 0 Å². The lowest BCUT2D eigenvalue weighted by Gasteiger charge is -2.31. The zero-order valence-electron chi connectivity index (χ0n) is 13.5. The van der Waals surface area contributed by atoms with Crippen LogP contribution in [-0.4, -0.2) is 44.7 Å². The van der Waals surface area contributed by atoms with Gasteiger partial charge in [-0.3, -0.25) is 4.99 Å². The lowest BCUT2D eigenvalue weighted by Crippen LogP contribution is -2.43. The Hall–Kier alpha value is -0.980. The molecule has 0 amide bonds. The molecule has 0 spiro atoms. The molecule has 1 aromatic carbocycles. The molecule has 1 saturated carbocycles. The van der Waals surface area contributed by atoms with Crippen molar-refractivity contribution in [2.45, 2.75) is 31.1 Å². The molecule has 3 rings (SSSR count). The molecule has 1 fully saturated rings. The Bertz CT molecular complexity index is 526. The predicted molar refractivity (Wildman–Crippen MR) is 101 cm³/mol. The summed E-state index contributed by atoms with van der Waals surface area (Å²) in [5.41, 5.74) is 1.62. The fourth-order valence-electron chi connectivity index (χ4n) is 3.54. The monoisotopic (exact) mass is 415 g/mol. The van der Waals surface area contributed by atoms with Crippen LogP contribution >= 0.6 is 24.0 Å². The predicted octanol–water partition coefficient (Wildman–Crippen LogP) is 3.02. The van der Waals surface area contributed by atoms with E-state index in [9.17, 15) is 0 Å². The normalized spacial score (nSPS) is 19.5. The maximum Gasteiger partial charge on any atom is 0.193 e. The first-order chi connectivity index (χ1) is 10.2. The number of rotatable bonds is 4. The van der Waals surface area contributed by atoms with Crippen molar-refractivity contribution in [1.29, 1.82) is 0 Å². The van der Waals surface area contributed by atoms with Crippen molar-refractivity contribution in [3.05, 3.63) is 29.8 Å². The van der Waals surface area contributed by atoms with Crippen molar-refractivity contribution in [3.63, 3.8) is 0 Å². The number of halogens is 1. The molecule has 1 aliphatic heterocycles. The van der Waals surface area contributed by atoms with E-state index in [-0.39, 0.29) is 29.4 Å². The van der Waals surface area contributed by atoms with E-state index in [4.69, 9.17) is 4.74 Å². The van der Waals surface area contributed by atoms with Gasteiger partial charge in [-0.25, -0.2) is 0 Å². The largest absolute Gasteiger partial charge is 0.497 e. The second-order valence-corrected chi connectivity index (χ2v) is 6.20. The van der Waals surface area contributed by atoms with Crippen LogP contribution in [0.1, 0.15) is 31.2 Å². The number of methoxy groups -OCH3 is 1. The number of benzene rings is 1. The molecular weight excluding hydrogens is 389 g/mol. The van der Waals surface area contributed by atoms with Crippen molar-refractivity contribution in [1.82, 2.24) is 10.2 Å². The van der Waals surface area contributed by atoms with Crippen molar-refractivity contribution >= 4 is 29.9 Å². The molecule has 22 heavy (non-hydrogen) atoms. The van der Waals surface area contributed by atoms with E-state index in [1.807, 2.05) is 6.07 Å². The highest BCUT2D eigenvalue weighted by Crippen LogP contribution is 2.41. The van der Waals surface area contributed by atoms with E-state index >= 15 is 0 Å². The number of hydrogen-bond acceptors (Lipinski definition) is 4. The molecule has 1 N–H and O–H groups in total. The average Bonchev–Trinajstić information content (AvgIpc) is 3.15. The zero-order valence-corrected chi connectivity index (χ0v) is 15.8. The van der Waals surface area contributed by atoms with Crippen molar-refractivity contribution in [2.24, 2.45) is 4.99 Å². The van der Waals surface area contributed by atoms with Gasteiger partial charge < -0.3 is 15.0 Å². The standard InChI is InChI=1S/C17H25N3O.HI/c1-20-11-10-18-16(20)19-13-17(8-3-4-9-17)14-6-5-7-15(12-14)21-2;/h5-7,12H,3-4,8-11,13H2,1-2H3,(H,18,19);1H. The van der Waals surface area contributed by atoms with Crippen LogP contribution in [0.15, 0.2) is 29.3 Å². The molecule has 0 aromatic heterocycles. The molecule has 1 aromatic rings. The molecule has 2 aliphatic rings. The van der Waals surface area contributed by atoms with Crippen LogP contribution in [0.25, 0.3) is 0 Å². The second kappa shape index (κ2) is 7.53. The summed E-state index contributed by atoms with van der Waals surface area (Å²) in [6.45, 7) is 2.89. The van der Waals surface area contributed by atoms with Crippen molar-refractivity contribution < 1.29 is 4.74 Å². The van der Waals surface area contributed by atoms with Crippen LogP contribution in [0.3, 0.4) is 0 Å². The zero-order chi connectivity index (χ0) is 14.7. The minimum Gasteiger partial charge on any atom is -0.497 e. The Morgan fingerprint density at radius 2 is 2.09 bits per heavy atom. The van der Waals surface area contributed by atoms with E-state index in [0.29, 0.717) is 0 Å². The highest BCUT2D eigenvalue weighted by atomic mass is 127. The summed E-state index contributed by atoms with van der Waals surface area (Å²) in [6.07, 6.45) is 5.09. The first-order valence-corrected chi connectivity index (χ1v) is 7.87. The van der Waals surface area contributed by atoms with E-state index in [2.05, 4.69) is 40.5 Å². The molecule has 122 valence electrons. The van der Waals surface area contributed by atoms with Crippen LogP contribution < -0.4 is 10.1 Å². The van der Waals surface area contributed by atoms with Gasteiger partial charge in [0.05, 0.1) is 13.7 Å². The summed E-state index contributed by atoms with van der Waals surface area (Å²) in [4.78, 5) is 6.75. The summed E-state index contributed by atoms with van der Waals surface area (Å²) < 4.78 is 5.40. The molecule has 1 aliphatic carbocycles. The van der Waals surface area contributed by atoms with Crippen LogP contribution in [0.4, 0.5) is 0 Å². The number of ether oxygens (including phenoxy) is 1. The minimum absolute atomic E-state index is 0. The van der Waals surface area contributed by atoms with Gasteiger partial charge in [-0.05, 0) is 30.5 Å². The van der Waals surface area contributed by atoms with Gasteiger partial charge in [0, 0.05) is 25.6 Å². The van der Waals surface area contributed by atoms with Crippen LogP contribution in [-0.2, 0) is 5.41 Å². The number of nitrogens with one attached hydrogen (secondary N) is 1. The first kappa shape index (κ1) is 17.4. The van der Waals surface area contributed by atoms with Gasteiger partial charge in [0.25, 0.3) is 0 Å². The van der Waals surface area contributed by atoms with Crippen LogP contribution in [0.2, 0.25) is 0 Å². The molecule has 0 bridgehead atoms. The molecule has 4 nitrogen and oxygen atoms in total. The fourth-order valence-corrected chi connectivity index (χ4v) is 3.54. The van der Waals surface area contributed by atoms with E-state index < -0.39 is 0 Å². The Morgan fingerprint density at radius 1 is 1.32 bits per heavy atom. The fraction of sp³-hybridized carbons (Fsp3) is 0.588. The highest BCUT2D eigenvalue weighted by molar-refractivity contribution is 14.0. The number of likely N-dealkylation sites (N-methyl/N-ethyl adjacent to an activating group) is 1. The molecule has 0 unspecified atom stereocenters. The minimum atomic E-state index is 0. The average molecular weight is 415 g/mol. The maximum absolute atomic E-state index is 5.40. The van der Waals surface area contributed by atoms with Gasteiger partial charge in [-0.1, -0.05) is 25.0 Å². The van der Waals surface area contributed by atoms with Crippen molar-refractivity contribution in [2.75, 3.05) is 33.8 Å². The lowest BCUT2D eigenvalue weighted by atomic mass is 9.78. The molecular formula is C17H26IN3O. The molecule has 1 heterocycles. The molecule has 5 heteroatoms. The smallest absolute Gasteiger partial charge is 0.193 e. The third-order valence-electron chi connectivity index (χ3n) is 4.89. The van der Waals surface area contributed by atoms with Crippen LogP contribution in [0.5, 0.6) is 5.75 Å². The summed E-state index contributed by atoms with van der Waals surface area (Å²) in [7, 11) is 3.84. The maximum atomic E-state index is 5.40. The number of guanidine groups is 1. The first-order valence-electron chi connectivity index (χ1n) is 7.87. The quantitative estimate of drug-likeness (QED) is 0.769. The van der Waals surface area contributed by atoms with Gasteiger partial charge in [0.15, 0.2) is 5.96 Å². The molecule has 0 radical (unpaired) electrons. The Labute approximate surface area is 150 Å². The van der Waals surface area contributed by atoms with Gasteiger partial charge in [0.2, 0.25) is 0 Å². The SMILES string of the molecule is COc1cccc(C2(CNC3=NCCN3C)CCCC2)c1.I. The Morgan fingerprint density at radius 3 is 2.73 bits per heavy atom. The summed E-state index contributed by atoms with van der Waals surface area (Å²) in [5, 5.41) is 3.59. The van der Waals surface area contributed by atoms with Crippen molar-refractivity contribution in [3.8, 4) is 5.75 Å².